The van der Waals surface area contributed by atoms with Crippen molar-refractivity contribution in [1.29, 1.82) is 0 Å². The molecule has 0 spiro atoms. The molecule has 0 amide bonds. The maximum Gasteiger partial charge on any atom is 0.0684 e. The molecule has 1 aliphatic heterocycles. The largest absolute Gasteiger partial charge is 0.377 e. The Morgan fingerprint density at radius 1 is 1.28 bits per heavy atom. The molecule has 0 radical (unpaired) electrons. The number of hydrogen-bond acceptors (Lipinski definition) is 2. The molecule has 3 atom stereocenters. The zero-order chi connectivity index (χ0) is 12.6. The first-order valence-electron chi connectivity index (χ1n) is 7.08. The summed E-state index contributed by atoms with van der Waals surface area (Å²) < 4.78 is 5.93. The Morgan fingerprint density at radius 2 is 2.06 bits per heavy atom. The molecule has 0 aromatic heterocycles. The number of rotatable bonds is 3. The summed E-state index contributed by atoms with van der Waals surface area (Å²) in [6, 6.07) is 11.3. The average Bonchev–Trinajstić information content (AvgIpc) is 2.40. The van der Waals surface area contributed by atoms with Crippen LogP contribution >= 0.6 is 0 Å². The van der Waals surface area contributed by atoms with E-state index in [1.165, 1.54) is 18.4 Å². The van der Waals surface area contributed by atoms with E-state index in [1.54, 1.807) is 0 Å². The van der Waals surface area contributed by atoms with Gasteiger partial charge in [0.2, 0.25) is 0 Å². The Labute approximate surface area is 110 Å². The van der Waals surface area contributed by atoms with Crippen molar-refractivity contribution in [2.45, 2.75) is 45.4 Å². The van der Waals surface area contributed by atoms with Gasteiger partial charge in [-0.2, -0.15) is 0 Å². The van der Waals surface area contributed by atoms with Crippen LogP contribution in [0, 0.1) is 11.3 Å². The molecule has 98 valence electrons. The van der Waals surface area contributed by atoms with Crippen LogP contribution in [0.15, 0.2) is 30.3 Å². The molecule has 3 rings (SSSR count). The molecule has 18 heavy (non-hydrogen) atoms. The van der Waals surface area contributed by atoms with Crippen molar-refractivity contribution < 1.29 is 4.74 Å². The molecule has 1 N–H and O–H groups in total. The van der Waals surface area contributed by atoms with Gasteiger partial charge in [-0.25, -0.2) is 0 Å². The zero-order valence-corrected chi connectivity index (χ0v) is 11.4. The van der Waals surface area contributed by atoms with E-state index in [4.69, 9.17) is 4.74 Å². The van der Waals surface area contributed by atoms with Gasteiger partial charge in [0.25, 0.3) is 0 Å². The number of fused-ring (bicyclic) bond motifs is 1. The second-order valence-corrected chi connectivity index (χ2v) is 6.26. The van der Waals surface area contributed by atoms with Crippen molar-refractivity contribution in [2.24, 2.45) is 11.3 Å². The maximum absolute atomic E-state index is 5.93. The highest BCUT2D eigenvalue weighted by atomic mass is 16.5. The van der Waals surface area contributed by atoms with Crippen LogP contribution in [0.25, 0.3) is 0 Å². The highest BCUT2D eigenvalue weighted by Crippen LogP contribution is 2.51. The molecule has 2 aliphatic rings. The van der Waals surface area contributed by atoms with Crippen LogP contribution in [0.5, 0.6) is 0 Å². The molecule has 2 heteroatoms. The van der Waals surface area contributed by atoms with Crippen molar-refractivity contribution in [2.75, 3.05) is 6.61 Å². The minimum atomic E-state index is 0.278. The first kappa shape index (κ1) is 12.2. The molecule has 3 unspecified atom stereocenters. The summed E-state index contributed by atoms with van der Waals surface area (Å²) in [5.74, 6) is 0.720. The molecular weight excluding hydrogens is 222 g/mol. The first-order valence-corrected chi connectivity index (χ1v) is 7.08. The lowest BCUT2D eigenvalue weighted by molar-refractivity contribution is -0.192. The average molecular weight is 245 g/mol. The molecule has 0 bridgehead atoms. The molecule has 1 aliphatic carbocycles. The van der Waals surface area contributed by atoms with E-state index >= 15 is 0 Å². The normalized spacial score (nSPS) is 33.6. The van der Waals surface area contributed by atoms with Crippen molar-refractivity contribution in [3.05, 3.63) is 35.9 Å². The smallest absolute Gasteiger partial charge is 0.0684 e. The lowest BCUT2D eigenvalue weighted by Gasteiger charge is -2.60. The minimum Gasteiger partial charge on any atom is -0.377 e. The van der Waals surface area contributed by atoms with E-state index in [0.29, 0.717) is 12.1 Å². The highest BCUT2D eigenvalue weighted by molar-refractivity contribution is 5.16. The van der Waals surface area contributed by atoms with Crippen LogP contribution < -0.4 is 5.32 Å². The van der Waals surface area contributed by atoms with Crippen molar-refractivity contribution in [1.82, 2.24) is 5.32 Å². The van der Waals surface area contributed by atoms with E-state index in [2.05, 4.69) is 49.5 Å². The molecule has 2 fully saturated rings. The lowest BCUT2D eigenvalue weighted by atomic mass is 9.55. The summed E-state index contributed by atoms with van der Waals surface area (Å²) in [4.78, 5) is 0. The molecule has 1 saturated heterocycles. The van der Waals surface area contributed by atoms with Crippen LogP contribution in [0.4, 0.5) is 0 Å². The third kappa shape index (κ3) is 1.98. The summed E-state index contributed by atoms with van der Waals surface area (Å²) in [5.41, 5.74) is 1.65. The zero-order valence-electron chi connectivity index (χ0n) is 11.4. The van der Waals surface area contributed by atoms with Gasteiger partial charge in [-0.3, -0.25) is 0 Å². The van der Waals surface area contributed by atoms with Crippen LogP contribution in [-0.2, 0) is 11.3 Å². The van der Waals surface area contributed by atoms with Crippen LogP contribution in [0.1, 0.15) is 32.3 Å². The fraction of sp³-hybridized carbons (Fsp3) is 0.625. The molecule has 1 aromatic rings. The van der Waals surface area contributed by atoms with Gasteiger partial charge < -0.3 is 10.1 Å². The van der Waals surface area contributed by atoms with Crippen molar-refractivity contribution in [3.8, 4) is 0 Å². The van der Waals surface area contributed by atoms with Crippen LogP contribution in [-0.4, -0.2) is 18.8 Å². The van der Waals surface area contributed by atoms with Gasteiger partial charge in [0.15, 0.2) is 0 Å². The van der Waals surface area contributed by atoms with E-state index in [0.717, 1.165) is 19.1 Å². The van der Waals surface area contributed by atoms with Gasteiger partial charge in [-0.15, -0.1) is 0 Å². The molecule has 1 heterocycles. The van der Waals surface area contributed by atoms with E-state index in [9.17, 15) is 0 Å². The van der Waals surface area contributed by atoms with Crippen LogP contribution in [0.3, 0.4) is 0 Å². The van der Waals surface area contributed by atoms with Gasteiger partial charge in [-0.1, -0.05) is 44.2 Å². The second-order valence-electron chi connectivity index (χ2n) is 6.26. The second kappa shape index (κ2) is 4.67. The quantitative estimate of drug-likeness (QED) is 0.884. The SMILES string of the molecule is CC1(C)C(NCc2ccccc2)C2CCCOC21. The van der Waals surface area contributed by atoms with Gasteiger partial charge in [0.05, 0.1) is 6.10 Å². The van der Waals surface area contributed by atoms with Crippen LogP contribution in [0.2, 0.25) is 0 Å². The Hall–Kier alpha value is -0.860. The molecule has 1 saturated carbocycles. The number of ether oxygens (including phenoxy) is 1. The maximum atomic E-state index is 5.93. The number of benzene rings is 1. The topological polar surface area (TPSA) is 21.3 Å². The van der Waals surface area contributed by atoms with Gasteiger partial charge in [-0.05, 0) is 18.4 Å². The van der Waals surface area contributed by atoms with Gasteiger partial charge >= 0.3 is 0 Å². The Morgan fingerprint density at radius 3 is 2.83 bits per heavy atom. The standard InChI is InChI=1S/C16H23NO/c1-16(2)14(13-9-6-10-18-15(13)16)17-11-12-7-4-3-5-8-12/h3-5,7-8,13-15,17H,6,9-11H2,1-2H3. The van der Waals surface area contributed by atoms with Crippen molar-refractivity contribution in [3.63, 3.8) is 0 Å². The van der Waals surface area contributed by atoms with Crippen molar-refractivity contribution >= 4 is 0 Å². The van der Waals surface area contributed by atoms with E-state index in [1.807, 2.05) is 0 Å². The fourth-order valence-corrected chi connectivity index (χ4v) is 3.76. The van der Waals surface area contributed by atoms with Gasteiger partial charge in [0.1, 0.15) is 0 Å². The predicted octanol–water partition coefficient (Wildman–Crippen LogP) is 2.98. The number of nitrogens with one attached hydrogen (secondary N) is 1. The summed E-state index contributed by atoms with van der Waals surface area (Å²) in [6.45, 7) is 6.60. The third-order valence-corrected chi connectivity index (χ3v) is 4.70. The van der Waals surface area contributed by atoms with Gasteiger partial charge in [0, 0.05) is 30.5 Å². The summed E-state index contributed by atoms with van der Waals surface area (Å²) in [7, 11) is 0. The lowest BCUT2D eigenvalue weighted by Crippen LogP contribution is -2.69. The summed E-state index contributed by atoms with van der Waals surface area (Å²) in [6.07, 6.45) is 3.01. The van der Waals surface area contributed by atoms with E-state index < -0.39 is 0 Å². The molecular formula is C16H23NO. The molecule has 2 nitrogen and oxygen atoms in total. The first-order chi connectivity index (χ1) is 8.69. The third-order valence-electron chi connectivity index (χ3n) is 4.70. The highest BCUT2D eigenvalue weighted by Gasteiger charge is 2.57. The Bertz CT molecular complexity index is 401. The predicted molar refractivity (Wildman–Crippen MR) is 73.3 cm³/mol. The monoisotopic (exact) mass is 245 g/mol. The Balaban J connectivity index is 1.62. The summed E-state index contributed by atoms with van der Waals surface area (Å²) in [5, 5.41) is 3.74. The van der Waals surface area contributed by atoms with E-state index in [-0.39, 0.29) is 5.41 Å². The fourth-order valence-electron chi connectivity index (χ4n) is 3.76. The summed E-state index contributed by atoms with van der Waals surface area (Å²) >= 11 is 0. The minimum absolute atomic E-state index is 0.278. The Kier molecular flexibility index (Phi) is 3.16. The number of hydrogen-bond donors (Lipinski definition) is 1. The molecule has 1 aromatic carbocycles.